The van der Waals surface area contributed by atoms with Crippen molar-refractivity contribution in [2.24, 2.45) is 0 Å². The minimum absolute atomic E-state index is 0.865. The van der Waals surface area contributed by atoms with Crippen LogP contribution in [0.25, 0.3) is 0 Å². The Bertz CT molecular complexity index is 840. The number of rotatable bonds is 12. The lowest BCUT2D eigenvalue weighted by molar-refractivity contribution is 0.409. The Morgan fingerprint density at radius 3 is 1.53 bits per heavy atom. The van der Waals surface area contributed by atoms with E-state index in [4.69, 9.17) is 9.47 Å². The molecule has 0 unspecified atom stereocenters. The van der Waals surface area contributed by atoms with E-state index in [1.807, 2.05) is 24.3 Å². The van der Waals surface area contributed by atoms with E-state index in [1.165, 1.54) is 22.3 Å². The van der Waals surface area contributed by atoms with Crippen molar-refractivity contribution < 1.29 is 9.47 Å². The van der Waals surface area contributed by atoms with Gasteiger partial charge in [0.1, 0.15) is 11.5 Å². The zero-order valence-electron chi connectivity index (χ0n) is 18.0. The fourth-order valence-electron chi connectivity index (χ4n) is 3.58. The highest BCUT2D eigenvalue weighted by Crippen LogP contribution is 2.18. The molecule has 3 aromatic rings. The van der Waals surface area contributed by atoms with Crippen LogP contribution in [0.4, 0.5) is 0 Å². The van der Waals surface area contributed by atoms with Crippen LogP contribution in [-0.4, -0.2) is 27.3 Å². The minimum atomic E-state index is 0.865. The number of para-hydroxylation sites is 2. The molecule has 0 aliphatic heterocycles. The number of hydrogen-bond donors (Lipinski definition) is 2. The van der Waals surface area contributed by atoms with Gasteiger partial charge in [0.15, 0.2) is 0 Å². The second-order valence-corrected chi connectivity index (χ2v) is 7.30. The molecule has 0 aliphatic carbocycles. The van der Waals surface area contributed by atoms with Crippen molar-refractivity contribution in [2.45, 2.75) is 25.9 Å². The second-order valence-electron chi connectivity index (χ2n) is 7.30. The van der Waals surface area contributed by atoms with E-state index in [1.54, 1.807) is 14.2 Å². The lowest BCUT2D eigenvalue weighted by Gasteiger charge is -2.11. The van der Waals surface area contributed by atoms with Crippen LogP contribution in [0.1, 0.15) is 22.3 Å². The summed E-state index contributed by atoms with van der Waals surface area (Å²) in [7, 11) is 3.45. The Hall–Kier alpha value is -2.82. The second kappa shape index (κ2) is 12.0. The first-order chi connectivity index (χ1) is 14.8. The third-order valence-electron chi connectivity index (χ3n) is 5.18. The Morgan fingerprint density at radius 2 is 1.07 bits per heavy atom. The summed E-state index contributed by atoms with van der Waals surface area (Å²) in [6.07, 6.45) is 1.91. The highest BCUT2D eigenvalue weighted by atomic mass is 16.5. The van der Waals surface area contributed by atoms with Crippen LogP contribution in [0, 0.1) is 0 Å². The zero-order valence-corrected chi connectivity index (χ0v) is 18.0. The van der Waals surface area contributed by atoms with Crippen LogP contribution < -0.4 is 20.1 Å². The summed E-state index contributed by atoms with van der Waals surface area (Å²) in [5.74, 6) is 1.92. The highest BCUT2D eigenvalue weighted by Gasteiger charge is 2.03. The monoisotopic (exact) mass is 404 g/mol. The van der Waals surface area contributed by atoms with Crippen molar-refractivity contribution in [3.63, 3.8) is 0 Å². The van der Waals surface area contributed by atoms with Crippen molar-refractivity contribution in [3.8, 4) is 11.5 Å². The lowest BCUT2D eigenvalue weighted by Crippen LogP contribution is -2.18. The van der Waals surface area contributed by atoms with Crippen LogP contribution in [0.5, 0.6) is 11.5 Å². The molecule has 30 heavy (non-hydrogen) atoms. The van der Waals surface area contributed by atoms with E-state index in [0.717, 1.165) is 50.5 Å². The third kappa shape index (κ3) is 6.61. The zero-order chi connectivity index (χ0) is 21.0. The summed E-state index contributed by atoms with van der Waals surface area (Å²) in [5.41, 5.74) is 5.08. The van der Waals surface area contributed by atoms with E-state index in [9.17, 15) is 0 Å². The van der Waals surface area contributed by atoms with Gasteiger partial charge < -0.3 is 20.1 Å². The molecule has 0 saturated carbocycles. The van der Waals surface area contributed by atoms with E-state index < -0.39 is 0 Å². The molecule has 0 spiro atoms. The van der Waals surface area contributed by atoms with Gasteiger partial charge in [-0.05, 0) is 60.3 Å². The van der Waals surface area contributed by atoms with Crippen molar-refractivity contribution >= 4 is 0 Å². The lowest BCUT2D eigenvalue weighted by atomic mass is 10.1. The van der Waals surface area contributed by atoms with Gasteiger partial charge in [-0.15, -0.1) is 0 Å². The van der Waals surface area contributed by atoms with Crippen LogP contribution >= 0.6 is 0 Å². The van der Waals surface area contributed by atoms with E-state index in [2.05, 4.69) is 59.2 Å². The molecule has 2 N–H and O–H groups in total. The molecule has 0 aromatic heterocycles. The molecular formula is C26H32N2O2. The van der Waals surface area contributed by atoms with Gasteiger partial charge in [-0.25, -0.2) is 0 Å². The standard InChI is InChI=1S/C26H32N2O2/c1-29-25-12-5-3-10-23(25)14-16-27-19-21-8-7-9-22(18-21)20-28-17-15-24-11-4-6-13-26(24)30-2/h3-13,18,27-28H,14-17,19-20H2,1-2H3. The molecule has 4 nitrogen and oxygen atoms in total. The normalized spacial score (nSPS) is 10.7. The first-order valence-corrected chi connectivity index (χ1v) is 10.5. The summed E-state index contributed by atoms with van der Waals surface area (Å²) >= 11 is 0. The molecule has 3 rings (SSSR count). The van der Waals surface area contributed by atoms with Gasteiger partial charge >= 0.3 is 0 Å². The molecule has 0 fully saturated rings. The van der Waals surface area contributed by atoms with Crippen molar-refractivity contribution in [2.75, 3.05) is 27.3 Å². The Balaban J connectivity index is 1.40. The predicted octanol–water partition coefficient (Wildman–Crippen LogP) is 4.37. The van der Waals surface area contributed by atoms with E-state index in [-0.39, 0.29) is 0 Å². The number of benzene rings is 3. The topological polar surface area (TPSA) is 42.5 Å². The average Bonchev–Trinajstić information content (AvgIpc) is 2.80. The fourth-order valence-corrected chi connectivity index (χ4v) is 3.58. The largest absolute Gasteiger partial charge is 0.496 e. The van der Waals surface area contributed by atoms with E-state index >= 15 is 0 Å². The number of nitrogens with one attached hydrogen (secondary N) is 2. The SMILES string of the molecule is COc1ccccc1CCNCc1cccc(CNCCc2ccccc2OC)c1. The number of ether oxygens (including phenoxy) is 2. The maximum atomic E-state index is 5.42. The van der Waals surface area contributed by atoms with Crippen LogP contribution in [-0.2, 0) is 25.9 Å². The maximum Gasteiger partial charge on any atom is 0.122 e. The van der Waals surface area contributed by atoms with Crippen molar-refractivity contribution in [1.82, 2.24) is 10.6 Å². The van der Waals surface area contributed by atoms with Gasteiger partial charge in [-0.1, -0.05) is 60.7 Å². The first kappa shape index (κ1) is 21.9. The molecule has 3 aromatic carbocycles. The molecular weight excluding hydrogens is 372 g/mol. The van der Waals surface area contributed by atoms with Gasteiger partial charge in [0.25, 0.3) is 0 Å². The average molecular weight is 405 g/mol. The molecule has 0 aliphatic rings. The molecule has 0 amide bonds. The third-order valence-corrected chi connectivity index (χ3v) is 5.18. The van der Waals surface area contributed by atoms with Crippen LogP contribution in [0.2, 0.25) is 0 Å². The molecule has 0 heterocycles. The minimum Gasteiger partial charge on any atom is -0.496 e. The van der Waals surface area contributed by atoms with Crippen molar-refractivity contribution in [3.05, 3.63) is 95.1 Å². The summed E-state index contributed by atoms with van der Waals surface area (Å²) in [5, 5.41) is 7.08. The van der Waals surface area contributed by atoms with Crippen LogP contribution in [0.15, 0.2) is 72.8 Å². The molecule has 4 heteroatoms. The Labute approximate surface area is 180 Å². The molecule has 0 bridgehead atoms. The molecule has 0 atom stereocenters. The first-order valence-electron chi connectivity index (χ1n) is 10.5. The molecule has 0 saturated heterocycles. The summed E-state index contributed by atoms with van der Waals surface area (Å²) in [6, 6.07) is 25.2. The van der Waals surface area contributed by atoms with Gasteiger partial charge in [-0.2, -0.15) is 0 Å². The van der Waals surface area contributed by atoms with Gasteiger partial charge in [0, 0.05) is 13.1 Å². The summed E-state index contributed by atoms with van der Waals surface area (Å²) < 4.78 is 10.8. The Kier molecular flexibility index (Phi) is 8.76. The van der Waals surface area contributed by atoms with Gasteiger partial charge in [0.2, 0.25) is 0 Å². The van der Waals surface area contributed by atoms with Crippen molar-refractivity contribution in [1.29, 1.82) is 0 Å². The quantitative estimate of drug-likeness (QED) is 0.440. The summed E-state index contributed by atoms with van der Waals surface area (Å²) in [6.45, 7) is 3.57. The van der Waals surface area contributed by atoms with Gasteiger partial charge in [-0.3, -0.25) is 0 Å². The van der Waals surface area contributed by atoms with E-state index in [0.29, 0.717) is 0 Å². The highest BCUT2D eigenvalue weighted by molar-refractivity contribution is 5.34. The number of hydrogen-bond acceptors (Lipinski definition) is 4. The van der Waals surface area contributed by atoms with Crippen LogP contribution in [0.3, 0.4) is 0 Å². The maximum absolute atomic E-state index is 5.42. The molecule has 0 radical (unpaired) electrons. The van der Waals surface area contributed by atoms with Gasteiger partial charge in [0.05, 0.1) is 14.2 Å². The smallest absolute Gasteiger partial charge is 0.122 e. The fraction of sp³-hybridized carbons (Fsp3) is 0.308. The number of methoxy groups -OCH3 is 2. The predicted molar refractivity (Wildman–Crippen MR) is 123 cm³/mol. The molecule has 158 valence electrons. The summed E-state index contributed by atoms with van der Waals surface area (Å²) in [4.78, 5) is 0. The Morgan fingerprint density at radius 1 is 0.600 bits per heavy atom.